The van der Waals surface area contributed by atoms with Crippen LogP contribution in [-0.2, 0) is 9.59 Å². The first-order chi connectivity index (χ1) is 7.08. The summed E-state index contributed by atoms with van der Waals surface area (Å²) in [6, 6.07) is -0.361. The van der Waals surface area contributed by atoms with Gasteiger partial charge in [0.15, 0.2) is 4.77 Å². The molecule has 80 valence electrons. The molecule has 1 aromatic heterocycles. The van der Waals surface area contributed by atoms with Crippen molar-refractivity contribution in [1.82, 2.24) is 14.9 Å². The van der Waals surface area contributed by atoms with Crippen LogP contribution in [0.1, 0.15) is 24.6 Å². The number of imidazole rings is 1. The number of rotatable bonds is 1. The second kappa shape index (κ2) is 3.62. The summed E-state index contributed by atoms with van der Waals surface area (Å²) in [5, 5.41) is 2.31. The number of hydrogen-bond donors (Lipinski definition) is 2. The van der Waals surface area contributed by atoms with E-state index in [1.807, 2.05) is 6.92 Å². The Labute approximate surface area is 91.5 Å². The molecule has 6 heteroatoms. The molecule has 1 aliphatic rings. The zero-order valence-electron chi connectivity index (χ0n) is 8.24. The first-order valence-corrected chi connectivity index (χ1v) is 5.10. The van der Waals surface area contributed by atoms with Gasteiger partial charge in [0.1, 0.15) is 6.04 Å². The number of H-pyrrole nitrogens is 1. The third-order valence-electron chi connectivity index (χ3n) is 2.42. The predicted molar refractivity (Wildman–Crippen MR) is 55.8 cm³/mol. The fourth-order valence-electron chi connectivity index (χ4n) is 1.71. The lowest BCUT2D eigenvalue weighted by atomic mass is 10.1. The van der Waals surface area contributed by atoms with Crippen LogP contribution >= 0.6 is 12.2 Å². The van der Waals surface area contributed by atoms with E-state index in [0.717, 1.165) is 5.69 Å². The maximum absolute atomic E-state index is 11.6. The Morgan fingerprint density at radius 1 is 1.53 bits per heavy atom. The van der Waals surface area contributed by atoms with Gasteiger partial charge in [-0.15, -0.1) is 0 Å². The van der Waals surface area contributed by atoms with E-state index in [2.05, 4.69) is 10.3 Å². The number of carbonyl (C=O) groups excluding carboxylic acids is 2. The molecule has 1 fully saturated rings. The molecule has 0 aliphatic carbocycles. The van der Waals surface area contributed by atoms with Crippen molar-refractivity contribution in [2.45, 2.75) is 25.8 Å². The van der Waals surface area contributed by atoms with Crippen molar-refractivity contribution in [1.29, 1.82) is 0 Å². The van der Waals surface area contributed by atoms with Crippen molar-refractivity contribution in [2.24, 2.45) is 0 Å². The fourth-order valence-corrected chi connectivity index (χ4v) is 2.05. The average molecular weight is 225 g/mol. The van der Waals surface area contributed by atoms with E-state index in [0.29, 0.717) is 17.6 Å². The van der Waals surface area contributed by atoms with E-state index in [1.54, 1.807) is 10.8 Å². The van der Waals surface area contributed by atoms with Crippen molar-refractivity contribution in [3.63, 3.8) is 0 Å². The van der Waals surface area contributed by atoms with Crippen LogP contribution in [0, 0.1) is 11.7 Å². The van der Waals surface area contributed by atoms with Gasteiger partial charge >= 0.3 is 0 Å². The molecule has 1 aromatic rings. The third kappa shape index (κ3) is 1.85. The summed E-state index contributed by atoms with van der Waals surface area (Å²) in [6.07, 6.45) is 2.67. The van der Waals surface area contributed by atoms with Crippen molar-refractivity contribution in [3.05, 3.63) is 16.7 Å². The molecule has 2 N–H and O–H groups in total. The Morgan fingerprint density at radius 3 is 2.80 bits per heavy atom. The molecule has 1 unspecified atom stereocenters. The number of amides is 2. The maximum Gasteiger partial charge on any atom is 0.249 e. The zero-order chi connectivity index (χ0) is 11.0. The van der Waals surface area contributed by atoms with Crippen LogP contribution in [-0.4, -0.2) is 21.4 Å². The Bertz CT molecular complexity index is 474. The van der Waals surface area contributed by atoms with Crippen molar-refractivity contribution < 1.29 is 9.59 Å². The molecule has 1 atom stereocenters. The van der Waals surface area contributed by atoms with E-state index < -0.39 is 0 Å². The lowest BCUT2D eigenvalue weighted by Gasteiger charge is -2.21. The van der Waals surface area contributed by atoms with Crippen LogP contribution in [0.2, 0.25) is 0 Å². The number of aromatic nitrogens is 2. The molecule has 1 aliphatic heterocycles. The summed E-state index contributed by atoms with van der Waals surface area (Å²) in [5.74, 6) is -0.489. The predicted octanol–water partition coefficient (Wildman–Crippen LogP) is 0.832. The van der Waals surface area contributed by atoms with E-state index in [1.165, 1.54) is 0 Å². The molecule has 0 spiro atoms. The molecular weight excluding hydrogens is 214 g/mol. The summed E-state index contributed by atoms with van der Waals surface area (Å²) in [5.41, 5.74) is 0.907. The molecule has 0 aromatic carbocycles. The molecule has 2 heterocycles. The van der Waals surface area contributed by atoms with E-state index in [9.17, 15) is 9.59 Å². The van der Waals surface area contributed by atoms with E-state index in [4.69, 9.17) is 12.2 Å². The molecule has 5 nitrogen and oxygen atoms in total. The Kier molecular flexibility index (Phi) is 2.44. The summed E-state index contributed by atoms with van der Waals surface area (Å²) < 4.78 is 2.22. The largest absolute Gasteiger partial charge is 0.335 e. The molecule has 0 saturated carbocycles. The number of imide groups is 1. The number of nitrogens with zero attached hydrogens (tertiary/aromatic N) is 1. The van der Waals surface area contributed by atoms with E-state index in [-0.39, 0.29) is 17.9 Å². The second-order valence-electron chi connectivity index (χ2n) is 3.62. The lowest BCUT2D eigenvalue weighted by Crippen LogP contribution is -2.41. The highest BCUT2D eigenvalue weighted by molar-refractivity contribution is 7.71. The zero-order valence-corrected chi connectivity index (χ0v) is 9.06. The first kappa shape index (κ1) is 10.1. The van der Waals surface area contributed by atoms with Gasteiger partial charge in [-0.25, -0.2) is 0 Å². The number of piperidine rings is 1. The van der Waals surface area contributed by atoms with Gasteiger partial charge in [-0.05, 0) is 25.6 Å². The monoisotopic (exact) mass is 225 g/mol. The van der Waals surface area contributed by atoms with Gasteiger partial charge < -0.3 is 9.55 Å². The van der Waals surface area contributed by atoms with Crippen molar-refractivity contribution >= 4 is 24.0 Å². The molecular formula is C9H11N3O2S. The average Bonchev–Trinajstić information content (AvgIpc) is 2.45. The van der Waals surface area contributed by atoms with Crippen LogP contribution in [0.5, 0.6) is 0 Å². The van der Waals surface area contributed by atoms with Gasteiger partial charge in [-0.1, -0.05) is 0 Å². The number of hydrogen-bond acceptors (Lipinski definition) is 3. The van der Waals surface area contributed by atoms with Crippen LogP contribution in [0.25, 0.3) is 0 Å². The fraction of sp³-hybridized carbons (Fsp3) is 0.444. The molecule has 15 heavy (non-hydrogen) atoms. The van der Waals surface area contributed by atoms with Gasteiger partial charge in [0.25, 0.3) is 0 Å². The molecule has 1 saturated heterocycles. The number of aryl methyl sites for hydroxylation is 1. The minimum absolute atomic E-state index is 0.213. The number of aromatic amines is 1. The Morgan fingerprint density at radius 2 is 2.27 bits per heavy atom. The van der Waals surface area contributed by atoms with Gasteiger partial charge in [-0.3, -0.25) is 14.9 Å². The third-order valence-corrected chi connectivity index (χ3v) is 2.73. The minimum Gasteiger partial charge on any atom is -0.335 e. The molecule has 0 bridgehead atoms. The first-order valence-electron chi connectivity index (χ1n) is 4.69. The van der Waals surface area contributed by atoms with Crippen molar-refractivity contribution in [2.75, 3.05) is 0 Å². The maximum atomic E-state index is 11.6. The normalized spacial score (nSPS) is 21.5. The summed E-state index contributed by atoms with van der Waals surface area (Å²) in [7, 11) is 0. The second-order valence-corrected chi connectivity index (χ2v) is 4.00. The minimum atomic E-state index is -0.361. The van der Waals surface area contributed by atoms with Gasteiger partial charge in [0, 0.05) is 18.3 Å². The Hall–Kier alpha value is -1.43. The number of nitrogens with one attached hydrogen (secondary N) is 2. The highest BCUT2D eigenvalue weighted by Crippen LogP contribution is 2.19. The van der Waals surface area contributed by atoms with Crippen LogP contribution < -0.4 is 5.32 Å². The quantitative estimate of drug-likeness (QED) is 0.549. The number of carbonyl (C=O) groups is 2. The Balaban J connectivity index is 2.32. The van der Waals surface area contributed by atoms with Gasteiger partial charge in [-0.2, -0.15) is 0 Å². The van der Waals surface area contributed by atoms with Crippen LogP contribution in [0.3, 0.4) is 0 Å². The highest BCUT2D eigenvalue weighted by atomic mass is 32.1. The van der Waals surface area contributed by atoms with Crippen molar-refractivity contribution in [3.8, 4) is 0 Å². The summed E-state index contributed by atoms with van der Waals surface area (Å²) in [6.45, 7) is 1.87. The molecule has 2 rings (SSSR count). The summed E-state index contributed by atoms with van der Waals surface area (Å²) in [4.78, 5) is 25.5. The lowest BCUT2D eigenvalue weighted by molar-refractivity contribution is -0.135. The topological polar surface area (TPSA) is 66.9 Å². The standard InChI is InChI=1S/C9H11N3O2S/c1-5-4-12(9(15)10-5)6-2-3-7(13)11-8(6)14/h4,6H,2-3H2,1H3,(H,10,15)(H,11,13,14). The SMILES string of the molecule is Cc1cn(C2CCC(=O)NC2=O)c(=S)[nH]1. The van der Waals surface area contributed by atoms with Gasteiger partial charge in [0.2, 0.25) is 11.8 Å². The molecule has 2 amide bonds. The molecule has 0 radical (unpaired) electrons. The van der Waals surface area contributed by atoms with Crippen LogP contribution in [0.4, 0.5) is 0 Å². The summed E-state index contributed by atoms with van der Waals surface area (Å²) >= 11 is 5.08. The van der Waals surface area contributed by atoms with Crippen LogP contribution in [0.15, 0.2) is 6.20 Å². The van der Waals surface area contributed by atoms with Gasteiger partial charge in [0.05, 0.1) is 0 Å². The smallest absolute Gasteiger partial charge is 0.249 e. The highest BCUT2D eigenvalue weighted by Gasteiger charge is 2.28. The van der Waals surface area contributed by atoms with E-state index >= 15 is 0 Å².